The number of hydrogen-bond donors (Lipinski definition) is 2. The van der Waals surface area contributed by atoms with Crippen molar-refractivity contribution in [2.24, 2.45) is 0 Å². The summed E-state index contributed by atoms with van der Waals surface area (Å²) in [7, 11) is 8.00. The molecule has 6 nitrogen and oxygen atoms in total. The minimum absolute atomic E-state index is 0.114. The molecule has 194 valence electrons. The van der Waals surface area contributed by atoms with Gasteiger partial charge in [0.1, 0.15) is 0 Å². The van der Waals surface area contributed by atoms with Crippen LogP contribution in [0.5, 0.6) is 0 Å². The van der Waals surface area contributed by atoms with Gasteiger partial charge in [0, 0.05) is 63.8 Å². The molecule has 4 aromatic rings. The molecule has 0 saturated carbocycles. The summed E-state index contributed by atoms with van der Waals surface area (Å²) in [5.74, 6) is -0.229. The molecule has 2 amide bonds. The predicted molar refractivity (Wildman–Crippen MR) is 156 cm³/mol. The van der Waals surface area contributed by atoms with E-state index in [2.05, 4.69) is 10.6 Å². The van der Waals surface area contributed by atoms with Crippen LogP contribution in [-0.2, 0) is 13.1 Å². The van der Waals surface area contributed by atoms with E-state index in [0.717, 1.165) is 33.6 Å². The van der Waals surface area contributed by atoms with Crippen molar-refractivity contribution in [3.63, 3.8) is 0 Å². The van der Waals surface area contributed by atoms with Crippen LogP contribution in [0.2, 0.25) is 0 Å². The Morgan fingerprint density at radius 3 is 1.11 bits per heavy atom. The molecule has 4 rings (SSSR count). The summed E-state index contributed by atoms with van der Waals surface area (Å²) in [6.07, 6.45) is 0. The lowest BCUT2D eigenvalue weighted by atomic mass is 10.0. The van der Waals surface area contributed by atoms with Gasteiger partial charge in [-0.05, 0) is 70.8 Å². The average Bonchev–Trinajstić information content (AvgIpc) is 2.95. The Morgan fingerprint density at radius 1 is 0.500 bits per heavy atom. The summed E-state index contributed by atoms with van der Waals surface area (Å²) in [6, 6.07) is 31.2. The van der Waals surface area contributed by atoms with Gasteiger partial charge in [0.15, 0.2) is 0 Å². The number of anilines is 2. The molecule has 6 heteroatoms. The van der Waals surface area contributed by atoms with Crippen molar-refractivity contribution in [3.8, 4) is 11.1 Å². The smallest absolute Gasteiger partial charge is 0.251 e. The molecule has 0 bridgehead atoms. The molecule has 0 saturated heterocycles. The van der Waals surface area contributed by atoms with Crippen LogP contribution in [0.3, 0.4) is 0 Å². The minimum atomic E-state index is -0.114. The highest BCUT2D eigenvalue weighted by atomic mass is 16.2. The van der Waals surface area contributed by atoms with Crippen molar-refractivity contribution in [1.29, 1.82) is 0 Å². The number of benzene rings is 4. The first-order chi connectivity index (χ1) is 18.3. The third-order valence-electron chi connectivity index (χ3n) is 6.44. The predicted octanol–water partition coefficient (Wildman–Crippen LogP) is 5.35. The molecule has 0 aromatic heterocycles. The van der Waals surface area contributed by atoms with Crippen LogP contribution >= 0.6 is 0 Å². The van der Waals surface area contributed by atoms with Gasteiger partial charge in [0.25, 0.3) is 11.8 Å². The van der Waals surface area contributed by atoms with Gasteiger partial charge < -0.3 is 20.4 Å². The van der Waals surface area contributed by atoms with Crippen LogP contribution in [-0.4, -0.2) is 40.0 Å². The van der Waals surface area contributed by atoms with E-state index < -0.39 is 0 Å². The van der Waals surface area contributed by atoms with E-state index in [4.69, 9.17) is 0 Å². The zero-order valence-electron chi connectivity index (χ0n) is 22.4. The fraction of sp³-hybridized carbons (Fsp3) is 0.188. The summed E-state index contributed by atoms with van der Waals surface area (Å²) in [5.41, 5.74) is 7.51. The largest absolute Gasteiger partial charge is 0.378 e. The van der Waals surface area contributed by atoms with Crippen LogP contribution in [0.1, 0.15) is 31.8 Å². The third-order valence-corrected chi connectivity index (χ3v) is 6.44. The summed E-state index contributed by atoms with van der Waals surface area (Å²) in [6.45, 7) is 0.943. The van der Waals surface area contributed by atoms with Gasteiger partial charge in [-0.25, -0.2) is 0 Å². The fourth-order valence-corrected chi connectivity index (χ4v) is 4.02. The Labute approximate surface area is 224 Å². The Bertz CT molecular complexity index is 1250. The summed E-state index contributed by atoms with van der Waals surface area (Å²) >= 11 is 0. The topological polar surface area (TPSA) is 64.7 Å². The number of nitrogens with zero attached hydrogens (tertiary/aromatic N) is 2. The second-order valence-corrected chi connectivity index (χ2v) is 9.64. The van der Waals surface area contributed by atoms with E-state index in [1.807, 2.05) is 135 Å². The highest BCUT2D eigenvalue weighted by Crippen LogP contribution is 2.21. The molecule has 2 N–H and O–H groups in total. The van der Waals surface area contributed by atoms with E-state index in [1.54, 1.807) is 0 Å². The third kappa shape index (κ3) is 6.79. The highest BCUT2D eigenvalue weighted by molar-refractivity contribution is 5.95. The quantitative estimate of drug-likeness (QED) is 0.321. The number of rotatable bonds is 9. The average molecular weight is 507 g/mol. The lowest BCUT2D eigenvalue weighted by molar-refractivity contribution is 0.0943. The van der Waals surface area contributed by atoms with Crippen LogP contribution in [0.15, 0.2) is 97.1 Å². The van der Waals surface area contributed by atoms with E-state index in [1.165, 1.54) is 0 Å². The molecule has 0 fully saturated rings. The first-order valence-corrected chi connectivity index (χ1v) is 12.6. The first kappa shape index (κ1) is 26.5. The molecule has 0 aliphatic rings. The molecular weight excluding hydrogens is 472 g/mol. The van der Waals surface area contributed by atoms with Gasteiger partial charge in [0.2, 0.25) is 0 Å². The first-order valence-electron chi connectivity index (χ1n) is 12.6. The van der Waals surface area contributed by atoms with Crippen molar-refractivity contribution in [1.82, 2.24) is 10.6 Å². The second kappa shape index (κ2) is 12.1. The lowest BCUT2D eigenvalue weighted by Crippen LogP contribution is -2.22. The number of carbonyl (C=O) groups is 2. The van der Waals surface area contributed by atoms with Crippen LogP contribution < -0.4 is 20.4 Å². The van der Waals surface area contributed by atoms with Gasteiger partial charge >= 0.3 is 0 Å². The lowest BCUT2D eigenvalue weighted by Gasteiger charge is -2.13. The molecule has 38 heavy (non-hydrogen) atoms. The van der Waals surface area contributed by atoms with Gasteiger partial charge in [0.05, 0.1) is 0 Å². The molecule has 0 aliphatic heterocycles. The maximum atomic E-state index is 12.6. The van der Waals surface area contributed by atoms with Crippen molar-refractivity contribution >= 4 is 23.2 Å². The molecule has 0 unspecified atom stereocenters. The van der Waals surface area contributed by atoms with Gasteiger partial charge in [-0.15, -0.1) is 0 Å². The number of nitrogens with one attached hydrogen (secondary N) is 2. The number of carbonyl (C=O) groups excluding carboxylic acids is 2. The van der Waals surface area contributed by atoms with Gasteiger partial charge in [-0.2, -0.15) is 0 Å². The SMILES string of the molecule is CN(C)c1ccc(CNC(=O)c2ccc(-c3ccc(C(=O)NCc4ccc(N(C)C)cc4)cc3)cc2)cc1. The fourth-order valence-electron chi connectivity index (χ4n) is 4.02. The van der Waals surface area contributed by atoms with Crippen molar-refractivity contribution < 1.29 is 9.59 Å². The minimum Gasteiger partial charge on any atom is -0.378 e. The Hall–Kier alpha value is -4.58. The normalized spacial score (nSPS) is 10.5. The molecule has 4 aromatic carbocycles. The maximum absolute atomic E-state index is 12.6. The van der Waals surface area contributed by atoms with Gasteiger partial charge in [-0.1, -0.05) is 48.5 Å². The van der Waals surface area contributed by atoms with E-state index in [9.17, 15) is 9.59 Å². The van der Waals surface area contributed by atoms with Crippen LogP contribution in [0.25, 0.3) is 11.1 Å². The zero-order chi connectivity index (χ0) is 27.1. The van der Waals surface area contributed by atoms with Crippen LogP contribution in [0.4, 0.5) is 11.4 Å². The molecule has 0 atom stereocenters. The summed E-state index contributed by atoms with van der Waals surface area (Å²) in [5, 5.41) is 5.95. The van der Waals surface area contributed by atoms with Crippen LogP contribution in [0, 0.1) is 0 Å². The molecule has 0 radical (unpaired) electrons. The molecular formula is C32H34N4O2. The van der Waals surface area contributed by atoms with E-state index in [-0.39, 0.29) is 11.8 Å². The second-order valence-electron chi connectivity index (χ2n) is 9.64. The Kier molecular flexibility index (Phi) is 8.44. The zero-order valence-corrected chi connectivity index (χ0v) is 22.4. The van der Waals surface area contributed by atoms with Crippen molar-refractivity contribution in [2.75, 3.05) is 38.0 Å². The van der Waals surface area contributed by atoms with Crippen molar-refractivity contribution in [2.45, 2.75) is 13.1 Å². The molecule has 0 heterocycles. The Morgan fingerprint density at radius 2 is 0.816 bits per heavy atom. The molecule has 0 spiro atoms. The van der Waals surface area contributed by atoms with Gasteiger partial charge in [-0.3, -0.25) is 9.59 Å². The summed E-state index contributed by atoms with van der Waals surface area (Å²) in [4.78, 5) is 29.3. The highest BCUT2D eigenvalue weighted by Gasteiger charge is 2.09. The van der Waals surface area contributed by atoms with Crippen molar-refractivity contribution in [3.05, 3.63) is 119 Å². The van der Waals surface area contributed by atoms with E-state index >= 15 is 0 Å². The molecule has 0 aliphatic carbocycles. The standard InChI is InChI=1S/C32H34N4O2/c1-35(2)29-17-5-23(6-18-29)21-33-31(37)27-13-9-25(10-14-27)26-11-15-28(16-12-26)32(38)34-22-24-7-19-30(20-8-24)36(3)4/h5-20H,21-22H2,1-4H3,(H,33,37)(H,34,38). The van der Waals surface area contributed by atoms with E-state index in [0.29, 0.717) is 24.2 Å². The number of amides is 2. The maximum Gasteiger partial charge on any atom is 0.251 e. The monoisotopic (exact) mass is 506 g/mol. The summed E-state index contributed by atoms with van der Waals surface area (Å²) < 4.78 is 0. The number of hydrogen-bond acceptors (Lipinski definition) is 4. The Balaban J connectivity index is 1.30.